The fourth-order valence-electron chi connectivity index (χ4n) is 1.34. The van der Waals surface area contributed by atoms with Crippen molar-refractivity contribution < 1.29 is 19.1 Å². The standard InChI is InChI=1S/C11H17NO4/c1-8(3-5-15-2)12-7-9-4-6-16-10(9)11(13)14/h4,6,8,12H,3,5,7H2,1-2H3,(H,13,14). The number of nitrogens with one attached hydrogen (secondary N) is 1. The molecule has 1 aromatic rings. The highest BCUT2D eigenvalue weighted by molar-refractivity contribution is 5.86. The molecule has 0 aliphatic carbocycles. The molecule has 5 heteroatoms. The van der Waals surface area contributed by atoms with Crippen LogP contribution in [0.1, 0.15) is 29.5 Å². The van der Waals surface area contributed by atoms with Crippen LogP contribution in [-0.4, -0.2) is 30.8 Å². The number of carboxylic acids is 1. The molecule has 0 amide bonds. The van der Waals surface area contributed by atoms with E-state index in [1.807, 2.05) is 6.92 Å². The molecule has 0 bridgehead atoms. The largest absolute Gasteiger partial charge is 0.475 e. The van der Waals surface area contributed by atoms with Crippen molar-refractivity contribution in [2.24, 2.45) is 0 Å². The average Bonchev–Trinajstić information content (AvgIpc) is 2.71. The lowest BCUT2D eigenvalue weighted by atomic mass is 10.2. The molecule has 1 aromatic heterocycles. The Morgan fingerprint density at radius 1 is 1.69 bits per heavy atom. The molecule has 1 heterocycles. The minimum atomic E-state index is -1.04. The van der Waals surface area contributed by atoms with Gasteiger partial charge in [0, 0.05) is 31.9 Å². The Hall–Kier alpha value is -1.33. The first kappa shape index (κ1) is 12.7. The summed E-state index contributed by atoms with van der Waals surface area (Å²) in [4.78, 5) is 10.8. The third-order valence-electron chi connectivity index (χ3n) is 2.34. The topological polar surface area (TPSA) is 71.7 Å². The van der Waals surface area contributed by atoms with E-state index in [0.717, 1.165) is 6.42 Å². The predicted octanol–water partition coefficient (Wildman–Crippen LogP) is 1.49. The van der Waals surface area contributed by atoms with Gasteiger partial charge in [0.1, 0.15) is 0 Å². The maximum absolute atomic E-state index is 10.8. The third kappa shape index (κ3) is 3.67. The second kappa shape index (κ2) is 6.30. The highest BCUT2D eigenvalue weighted by Crippen LogP contribution is 2.10. The van der Waals surface area contributed by atoms with E-state index in [9.17, 15) is 4.79 Å². The van der Waals surface area contributed by atoms with Crippen molar-refractivity contribution in [2.75, 3.05) is 13.7 Å². The third-order valence-corrected chi connectivity index (χ3v) is 2.34. The number of hydrogen-bond donors (Lipinski definition) is 2. The molecule has 2 N–H and O–H groups in total. The Morgan fingerprint density at radius 2 is 2.44 bits per heavy atom. The van der Waals surface area contributed by atoms with E-state index in [4.69, 9.17) is 14.3 Å². The molecule has 0 saturated carbocycles. The van der Waals surface area contributed by atoms with Gasteiger partial charge < -0.3 is 19.6 Å². The predicted molar refractivity (Wildman–Crippen MR) is 58.5 cm³/mol. The van der Waals surface area contributed by atoms with Crippen molar-refractivity contribution >= 4 is 5.97 Å². The van der Waals surface area contributed by atoms with Crippen LogP contribution in [0.25, 0.3) is 0 Å². The summed E-state index contributed by atoms with van der Waals surface area (Å²) in [6.07, 6.45) is 2.27. The molecule has 0 aliphatic rings. The molecule has 0 spiro atoms. The number of ether oxygens (including phenoxy) is 1. The van der Waals surface area contributed by atoms with Gasteiger partial charge in [-0.2, -0.15) is 0 Å². The van der Waals surface area contributed by atoms with E-state index >= 15 is 0 Å². The Labute approximate surface area is 94.4 Å². The number of furan rings is 1. The van der Waals surface area contributed by atoms with E-state index in [-0.39, 0.29) is 11.8 Å². The maximum Gasteiger partial charge on any atom is 0.372 e. The molecule has 90 valence electrons. The molecule has 0 aromatic carbocycles. The van der Waals surface area contributed by atoms with Crippen molar-refractivity contribution in [1.29, 1.82) is 0 Å². The first-order valence-electron chi connectivity index (χ1n) is 5.17. The molecule has 1 atom stereocenters. The van der Waals surface area contributed by atoms with E-state index < -0.39 is 5.97 Å². The van der Waals surface area contributed by atoms with Crippen LogP contribution in [0.3, 0.4) is 0 Å². The fourth-order valence-corrected chi connectivity index (χ4v) is 1.34. The number of carbonyl (C=O) groups is 1. The van der Waals surface area contributed by atoms with Crippen LogP contribution >= 0.6 is 0 Å². The summed E-state index contributed by atoms with van der Waals surface area (Å²) in [7, 11) is 1.66. The Morgan fingerprint density at radius 3 is 3.06 bits per heavy atom. The number of methoxy groups -OCH3 is 1. The lowest BCUT2D eigenvalue weighted by Gasteiger charge is -2.12. The number of rotatable bonds is 7. The molecule has 1 unspecified atom stereocenters. The summed E-state index contributed by atoms with van der Waals surface area (Å²) in [5, 5.41) is 12.0. The summed E-state index contributed by atoms with van der Waals surface area (Å²) < 4.78 is 9.83. The zero-order valence-electron chi connectivity index (χ0n) is 9.53. The Bertz CT molecular complexity index is 334. The second-order valence-electron chi connectivity index (χ2n) is 3.64. The van der Waals surface area contributed by atoms with E-state index in [0.29, 0.717) is 18.7 Å². The minimum absolute atomic E-state index is 0.00596. The van der Waals surface area contributed by atoms with Gasteiger partial charge in [-0.25, -0.2) is 4.79 Å². The zero-order chi connectivity index (χ0) is 12.0. The first-order chi connectivity index (χ1) is 7.65. The van der Waals surface area contributed by atoms with E-state index in [1.165, 1.54) is 6.26 Å². The lowest BCUT2D eigenvalue weighted by molar-refractivity contribution is 0.0660. The van der Waals surface area contributed by atoms with Gasteiger partial charge in [-0.05, 0) is 19.4 Å². The zero-order valence-corrected chi connectivity index (χ0v) is 9.53. The van der Waals surface area contributed by atoms with Gasteiger partial charge in [0.2, 0.25) is 5.76 Å². The summed E-state index contributed by atoms with van der Waals surface area (Å²) in [6, 6.07) is 1.94. The minimum Gasteiger partial charge on any atom is -0.475 e. The van der Waals surface area contributed by atoms with Gasteiger partial charge >= 0.3 is 5.97 Å². The fraction of sp³-hybridized carbons (Fsp3) is 0.545. The van der Waals surface area contributed by atoms with Crippen molar-refractivity contribution in [2.45, 2.75) is 25.9 Å². The Balaban J connectivity index is 2.42. The van der Waals surface area contributed by atoms with Crippen LogP contribution in [0.5, 0.6) is 0 Å². The van der Waals surface area contributed by atoms with Gasteiger partial charge in [-0.15, -0.1) is 0 Å². The van der Waals surface area contributed by atoms with E-state index in [1.54, 1.807) is 13.2 Å². The van der Waals surface area contributed by atoms with Crippen LogP contribution in [0.2, 0.25) is 0 Å². The van der Waals surface area contributed by atoms with Crippen LogP contribution in [0.15, 0.2) is 16.7 Å². The molecule has 0 saturated heterocycles. The van der Waals surface area contributed by atoms with Crippen molar-refractivity contribution in [1.82, 2.24) is 5.32 Å². The van der Waals surface area contributed by atoms with Crippen molar-refractivity contribution in [3.8, 4) is 0 Å². The maximum atomic E-state index is 10.8. The molecule has 16 heavy (non-hydrogen) atoms. The monoisotopic (exact) mass is 227 g/mol. The molecular formula is C11H17NO4. The number of carboxylic acid groups (broad SMARTS) is 1. The summed E-state index contributed by atoms with van der Waals surface area (Å²) >= 11 is 0. The summed E-state index contributed by atoms with van der Waals surface area (Å²) in [5.74, 6) is -1.03. The SMILES string of the molecule is COCCC(C)NCc1ccoc1C(=O)O. The number of aromatic carboxylic acids is 1. The smallest absolute Gasteiger partial charge is 0.372 e. The van der Waals surface area contributed by atoms with Crippen LogP contribution in [0, 0.1) is 0 Å². The molecule has 1 rings (SSSR count). The van der Waals surface area contributed by atoms with E-state index in [2.05, 4.69) is 5.32 Å². The van der Waals surface area contributed by atoms with Crippen LogP contribution in [-0.2, 0) is 11.3 Å². The Kier molecular flexibility index (Phi) is 5.01. The number of hydrogen-bond acceptors (Lipinski definition) is 4. The normalized spacial score (nSPS) is 12.6. The molecular weight excluding hydrogens is 210 g/mol. The molecule has 0 aliphatic heterocycles. The quantitative estimate of drug-likeness (QED) is 0.738. The first-order valence-corrected chi connectivity index (χ1v) is 5.17. The second-order valence-corrected chi connectivity index (χ2v) is 3.64. The van der Waals surface area contributed by atoms with Crippen molar-refractivity contribution in [3.05, 3.63) is 23.7 Å². The molecule has 0 radical (unpaired) electrons. The van der Waals surface area contributed by atoms with Gasteiger partial charge in [-0.1, -0.05) is 0 Å². The summed E-state index contributed by atoms with van der Waals surface area (Å²) in [5.41, 5.74) is 0.664. The molecule has 5 nitrogen and oxygen atoms in total. The average molecular weight is 227 g/mol. The van der Waals surface area contributed by atoms with Crippen LogP contribution < -0.4 is 5.32 Å². The van der Waals surface area contributed by atoms with Gasteiger partial charge in [0.15, 0.2) is 0 Å². The van der Waals surface area contributed by atoms with Crippen LogP contribution in [0.4, 0.5) is 0 Å². The highest BCUT2D eigenvalue weighted by atomic mass is 16.5. The summed E-state index contributed by atoms with van der Waals surface area (Å²) in [6.45, 7) is 3.20. The van der Waals surface area contributed by atoms with Gasteiger partial charge in [-0.3, -0.25) is 0 Å². The van der Waals surface area contributed by atoms with Gasteiger partial charge in [0.25, 0.3) is 0 Å². The molecule has 0 fully saturated rings. The van der Waals surface area contributed by atoms with Gasteiger partial charge in [0.05, 0.1) is 6.26 Å². The highest BCUT2D eigenvalue weighted by Gasteiger charge is 2.13. The lowest BCUT2D eigenvalue weighted by Crippen LogP contribution is -2.27. The van der Waals surface area contributed by atoms with Crippen molar-refractivity contribution in [3.63, 3.8) is 0 Å².